The average Bonchev–Trinajstić information content (AvgIpc) is 2.64. The standard InChI is InChI=1S/C13H18N2O2/c1-13(6-2-3-7-13)15-9-4-5-10(12(16)17)11(14)8-9/h4-5,8,15H,2-3,6-7,14H2,1H3,(H,16,17). The van der Waals surface area contributed by atoms with Gasteiger partial charge < -0.3 is 16.2 Å². The Labute approximate surface area is 101 Å². The summed E-state index contributed by atoms with van der Waals surface area (Å²) in [6, 6.07) is 5.04. The highest BCUT2D eigenvalue weighted by Crippen LogP contribution is 2.33. The maximum absolute atomic E-state index is 10.8. The molecule has 0 bridgehead atoms. The molecule has 4 nitrogen and oxygen atoms in total. The maximum atomic E-state index is 10.8. The monoisotopic (exact) mass is 234 g/mol. The molecule has 0 atom stereocenters. The lowest BCUT2D eigenvalue weighted by atomic mass is 10.00. The number of benzene rings is 1. The first-order chi connectivity index (χ1) is 8.00. The SMILES string of the molecule is CC1(Nc2ccc(C(=O)O)c(N)c2)CCCC1. The van der Waals surface area contributed by atoms with Crippen LogP contribution in [0.15, 0.2) is 18.2 Å². The number of anilines is 2. The molecule has 17 heavy (non-hydrogen) atoms. The summed E-state index contributed by atoms with van der Waals surface area (Å²) in [5.41, 5.74) is 7.21. The Morgan fingerprint density at radius 2 is 2.06 bits per heavy atom. The van der Waals surface area contributed by atoms with Crippen LogP contribution < -0.4 is 11.1 Å². The summed E-state index contributed by atoms with van der Waals surface area (Å²) in [5, 5.41) is 12.3. The number of nitrogens with one attached hydrogen (secondary N) is 1. The van der Waals surface area contributed by atoms with E-state index >= 15 is 0 Å². The van der Waals surface area contributed by atoms with Crippen molar-refractivity contribution in [2.24, 2.45) is 0 Å². The second kappa shape index (κ2) is 4.28. The van der Waals surface area contributed by atoms with E-state index in [4.69, 9.17) is 10.8 Å². The fourth-order valence-electron chi connectivity index (χ4n) is 2.46. The van der Waals surface area contributed by atoms with Gasteiger partial charge in [0.05, 0.1) is 5.56 Å². The molecule has 0 radical (unpaired) electrons. The number of hydrogen-bond acceptors (Lipinski definition) is 3. The fourth-order valence-corrected chi connectivity index (χ4v) is 2.46. The molecule has 2 rings (SSSR count). The van der Waals surface area contributed by atoms with Crippen molar-refractivity contribution in [1.82, 2.24) is 0 Å². The van der Waals surface area contributed by atoms with Gasteiger partial charge in [-0.15, -0.1) is 0 Å². The van der Waals surface area contributed by atoms with E-state index in [0.29, 0.717) is 5.69 Å². The molecule has 0 heterocycles. The highest BCUT2D eigenvalue weighted by molar-refractivity contribution is 5.94. The van der Waals surface area contributed by atoms with Crippen LogP contribution in [-0.2, 0) is 0 Å². The third kappa shape index (κ3) is 2.52. The maximum Gasteiger partial charge on any atom is 0.337 e. The number of nitrogens with two attached hydrogens (primary N) is 1. The summed E-state index contributed by atoms with van der Waals surface area (Å²) in [4.78, 5) is 10.8. The van der Waals surface area contributed by atoms with Gasteiger partial charge in [-0.2, -0.15) is 0 Å². The molecule has 1 aliphatic rings. The van der Waals surface area contributed by atoms with Gasteiger partial charge in [0.1, 0.15) is 0 Å². The molecule has 1 saturated carbocycles. The Morgan fingerprint density at radius 1 is 1.41 bits per heavy atom. The van der Waals surface area contributed by atoms with Crippen LogP contribution in [0.2, 0.25) is 0 Å². The zero-order chi connectivity index (χ0) is 12.5. The zero-order valence-electron chi connectivity index (χ0n) is 9.99. The van der Waals surface area contributed by atoms with Gasteiger partial charge in [0.15, 0.2) is 0 Å². The van der Waals surface area contributed by atoms with Crippen LogP contribution in [0, 0.1) is 0 Å². The first kappa shape index (κ1) is 11.8. The minimum absolute atomic E-state index is 0.122. The fraction of sp³-hybridized carbons (Fsp3) is 0.462. The number of carboxylic acids is 1. The molecule has 0 spiro atoms. The van der Waals surface area contributed by atoms with Gasteiger partial charge in [0, 0.05) is 16.9 Å². The summed E-state index contributed by atoms with van der Waals surface area (Å²) in [6.07, 6.45) is 4.78. The number of nitrogen functional groups attached to an aromatic ring is 1. The van der Waals surface area contributed by atoms with Gasteiger partial charge in [-0.3, -0.25) is 0 Å². The second-order valence-electron chi connectivity index (χ2n) is 5.00. The Bertz CT molecular complexity index is 437. The van der Waals surface area contributed by atoms with Crippen LogP contribution in [0.4, 0.5) is 11.4 Å². The quantitative estimate of drug-likeness (QED) is 0.703. The van der Waals surface area contributed by atoms with Crippen molar-refractivity contribution in [1.29, 1.82) is 0 Å². The minimum atomic E-state index is -0.985. The van der Waals surface area contributed by atoms with Gasteiger partial charge >= 0.3 is 5.97 Å². The largest absolute Gasteiger partial charge is 0.478 e. The van der Waals surface area contributed by atoms with Gasteiger partial charge in [0.2, 0.25) is 0 Å². The molecule has 4 N–H and O–H groups in total. The molecule has 0 aromatic heterocycles. The number of aromatic carboxylic acids is 1. The average molecular weight is 234 g/mol. The molecular weight excluding hydrogens is 216 g/mol. The van der Waals surface area contributed by atoms with Crippen molar-refractivity contribution >= 4 is 17.3 Å². The molecule has 0 saturated heterocycles. The van der Waals surface area contributed by atoms with E-state index in [-0.39, 0.29) is 11.1 Å². The zero-order valence-corrected chi connectivity index (χ0v) is 9.99. The molecule has 0 amide bonds. The highest BCUT2D eigenvalue weighted by Gasteiger charge is 2.28. The van der Waals surface area contributed by atoms with Gasteiger partial charge in [-0.25, -0.2) is 4.79 Å². The topological polar surface area (TPSA) is 75.3 Å². The Kier molecular flexibility index (Phi) is 2.96. The lowest BCUT2D eigenvalue weighted by Crippen LogP contribution is -2.30. The first-order valence-corrected chi connectivity index (χ1v) is 5.91. The van der Waals surface area contributed by atoms with Crippen molar-refractivity contribution in [3.63, 3.8) is 0 Å². The van der Waals surface area contributed by atoms with Crippen molar-refractivity contribution in [3.8, 4) is 0 Å². The molecule has 0 aliphatic heterocycles. The number of rotatable bonds is 3. The van der Waals surface area contributed by atoms with Crippen LogP contribution in [0.5, 0.6) is 0 Å². The Morgan fingerprint density at radius 3 is 2.59 bits per heavy atom. The van der Waals surface area contributed by atoms with Crippen LogP contribution in [0.3, 0.4) is 0 Å². The Hall–Kier alpha value is -1.71. The van der Waals surface area contributed by atoms with Crippen molar-refractivity contribution in [2.75, 3.05) is 11.1 Å². The molecular formula is C13H18N2O2. The van der Waals surface area contributed by atoms with Gasteiger partial charge in [-0.05, 0) is 38.0 Å². The molecule has 0 unspecified atom stereocenters. The number of hydrogen-bond donors (Lipinski definition) is 3. The van der Waals surface area contributed by atoms with Crippen LogP contribution in [0.25, 0.3) is 0 Å². The predicted octanol–water partition coefficient (Wildman–Crippen LogP) is 2.71. The summed E-state index contributed by atoms with van der Waals surface area (Å²) < 4.78 is 0. The van der Waals surface area contributed by atoms with Crippen LogP contribution in [-0.4, -0.2) is 16.6 Å². The second-order valence-corrected chi connectivity index (χ2v) is 5.00. The van der Waals surface area contributed by atoms with Crippen molar-refractivity contribution in [2.45, 2.75) is 38.1 Å². The third-order valence-electron chi connectivity index (χ3n) is 3.44. The summed E-state index contributed by atoms with van der Waals surface area (Å²) in [6.45, 7) is 2.20. The van der Waals surface area contributed by atoms with Gasteiger partial charge in [0.25, 0.3) is 0 Å². The minimum Gasteiger partial charge on any atom is -0.478 e. The highest BCUT2D eigenvalue weighted by atomic mass is 16.4. The molecule has 1 aromatic rings. The van der Waals surface area contributed by atoms with E-state index in [1.165, 1.54) is 12.8 Å². The summed E-state index contributed by atoms with van der Waals surface area (Å²) in [7, 11) is 0. The molecule has 1 aromatic carbocycles. The normalized spacial score (nSPS) is 17.9. The van der Waals surface area contributed by atoms with E-state index in [1.807, 2.05) is 0 Å². The van der Waals surface area contributed by atoms with E-state index in [0.717, 1.165) is 18.5 Å². The first-order valence-electron chi connectivity index (χ1n) is 5.91. The Balaban J connectivity index is 2.17. The molecule has 92 valence electrons. The molecule has 4 heteroatoms. The van der Waals surface area contributed by atoms with Crippen LogP contribution in [0.1, 0.15) is 43.0 Å². The number of carbonyl (C=O) groups is 1. The van der Waals surface area contributed by atoms with E-state index in [2.05, 4.69) is 12.2 Å². The number of carboxylic acid groups (broad SMARTS) is 1. The predicted molar refractivity (Wildman–Crippen MR) is 68.3 cm³/mol. The van der Waals surface area contributed by atoms with Crippen LogP contribution >= 0.6 is 0 Å². The van der Waals surface area contributed by atoms with E-state index in [9.17, 15) is 4.79 Å². The van der Waals surface area contributed by atoms with Crippen molar-refractivity contribution < 1.29 is 9.90 Å². The summed E-state index contributed by atoms with van der Waals surface area (Å²) >= 11 is 0. The van der Waals surface area contributed by atoms with Gasteiger partial charge in [-0.1, -0.05) is 12.8 Å². The summed E-state index contributed by atoms with van der Waals surface area (Å²) in [5.74, 6) is -0.985. The third-order valence-corrected chi connectivity index (χ3v) is 3.44. The lowest BCUT2D eigenvalue weighted by molar-refractivity contribution is 0.0698. The smallest absolute Gasteiger partial charge is 0.337 e. The molecule has 1 aliphatic carbocycles. The lowest BCUT2D eigenvalue weighted by Gasteiger charge is -2.27. The van der Waals surface area contributed by atoms with E-state index < -0.39 is 5.97 Å². The van der Waals surface area contributed by atoms with Crippen molar-refractivity contribution in [3.05, 3.63) is 23.8 Å². The molecule has 1 fully saturated rings. The van der Waals surface area contributed by atoms with E-state index in [1.54, 1.807) is 18.2 Å².